The fraction of sp³-hybridized carbons (Fsp3) is 0.316. The number of halogens is 1. The van der Waals surface area contributed by atoms with E-state index >= 15 is 0 Å². The monoisotopic (exact) mass is 376 g/mol. The molecule has 1 aliphatic heterocycles. The number of rotatable bonds is 6. The first kappa shape index (κ1) is 18.1. The summed E-state index contributed by atoms with van der Waals surface area (Å²) in [6.45, 7) is 3.35. The second-order valence-corrected chi connectivity index (χ2v) is 7.24. The number of hydrogen-bond acceptors (Lipinski definition) is 4. The minimum atomic E-state index is 0.0121. The van der Waals surface area contributed by atoms with E-state index in [2.05, 4.69) is 10.2 Å². The van der Waals surface area contributed by atoms with E-state index in [1.165, 1.54) is 5.69 Å². The number of anilines is 2. The number of nitrogens with one attached hydrogen (secondary N) is 1. The van der Waals surface area contributed by atoms with E-state index in [0.717, 1.165) is 48.3 Å². The molecule has 0 unspecified atom stereocenters. The Balaban J connectivity index is 1.43. The summed E-state index contributed by atoms with van der Waals surface area (Å²) in [6, 6.07) is 15.7. The van der Waals surface area contributed by atoms with Crippen molar-refractivity contribution in [1.82, 2.24) is 0 Å². The lowest BCUT2D eigenvalue weighted by Crippen LogP contribution is -2.36. The molecule has 6 heteroatoms. The third-order valence-corrected chi connectivity index (χ3v) is 5.20. The molecule has 132 valence electrons. The number of ether oxygens (including phenoxy) is 1. The molecular weight excluding hydrogens is 356 g/mol. The van der Waals surface area contributed by atoms with E-state index in [1.807, 2.05) is 48.5 Å². The van der Waals surface area contributed by atoms with Gasteiger partial charge in [-0.3, -0.25) is 4.79 Å². The van der Waals surface area contributed by atoms with Gasteiger partial charge in [-0.1, -0.05) is 23.7 Å². The first-order valence-corrected chi connectivity index (χ1v) is 9.79. The first-order valence-electron chi connectivity index (χ1n) is 8.25. The number of nitrogens with zero attached hydrogens (tertiary/aromatic N) is 1. The number of morpholine rings is 1. The fourth-order valence-electron chi connectivity index (χ4n) is 2.62. The summed E-state index contributed by atoms with van der Waals surface area (Å²) in [5.74, 6) is 1.23. The van der Waals surface area contributed by atoms with Gasteiger partial charge in [-0.25, -0.2) is 0 Å². The lowest BCUT2D eigenvalue weighted by Gasteiger charge is -2.28. The Kier molecular flexibility index (Phi) is 6.62. The fourth-order valence-corrected chi connectivity index (χ4v) is 3.53. The van der Waals surface area contributed by atoms with E-state index in [4.69, 9.17) is 16.3 Å². The van der Waals surface area contributed by atoms with Gasteiger partial charge >= 0.3 is 0 Å². The van der Waals surface area contributed by atoms with Crippen molar-refractivity contribution in [1.29, 1.82) is 0 Å². The molecule has 1 amide bonds. The summed E-state index contributed by atoms with van der Waals surface area (Å²) in [7, 11) is 0. The van der Waals surface area contributed by atoms with Crippen LogP contribution >= 0.6 is 23.4 Å². The highest BCUT2D eigenvalue weighted by atomic mass is 35.5. The molecule has 4 nitrogen and oxygen atoms in total. The standard InChI is InChI=1S/C19H21ClN2O2S/c20-16-3-1-15(2-4-16)13-25-14-19(23)21-17-5-7-18(8-6-17)22-9-11-24-12-10-22/h1-8H,9-14H2,(H,21,23). The van der Waals surface area contributed by atoms with Crippen molar-refractivity contribution in [3.63, 3.8) is 0 Å². The lowest BCUT2D eigenvalue weighted by atomic mass is 10.2. The molecule has 1 saturated heterocycles. The van der Waals surface area contributed by atoms with Crippen molar-refractivity contribution in [2.24, 2.45) is 0 Å². The molecule has 1 aliphatic rings. The Morgan fingerprint density at radius 1 is 1.08 bits per heavy atom. The van der Waals surface area contributed by atoms with Crippen LogP contribution in [0.2, 0.25) is 5.02 Å². The van der Waals surface area contributed by atoms with Gasteiger partial charge in [0.25, 0.3) is 0 Å². The number of benzene rings is 2. The van der Waals surface area contributed by atoms with Gasteiger partial charge in [0, 0.05) is 35.2 Å². The molecule has 1 heterocycles. The third kappa shape index (κ3) is 5.66. The molecule has 1 fully saturated rings. The van der Waals surface area contributed by atoms with Gasteiger partial charge in [0.2, 0.25) is 5.91 Å². The molecule has 0 aliphatic carbocycles. The molecule has 3 rings (SSSR count). The average Bonchev–Trinajstić information content (AvgIpc) is 2.65. The molecule has 0 bridgehead atoms. The van der Waals surface area contributed by atoms with Gasteiger partial charge in [-0.2, -0.15) is 0 Å². The molecule has 0 spiro atoms. The molecule has 0 saturated carbocycles. The zero-order valence-corrected chi connectivity index (χ0v) is 15.5. The Hall–Kier alpha value is -1.69. The first-order chi connectivity index (χ1) is 12.2. The Morgan fingerprint density at radius 2 is 1.76 bits per heavy atom. The van der Waals surface area contributed by atoms with Crippen molar-refractivity contribution in [3.8, 4) is 0 Å². The zero-order chi connectivity index (χ0) is 17.5. The Morgan fingerprint density at radius 3 is 2.44 bits per heavy atom. The van der Waals surface area contributed by atoms with Crippen molar-refractivity contribution >= 4 is 40.6 Å². The Bertz CT molecular complexity index is 686. The minimum absolute atomic E-state index is 0.0121. The highest BCUT2D eigenvalue weighted by molar-refractivity contribution is 7.99. The van der Waals surface area contributed by atoms with Crippen LogP contribution in [0.5, 0.6) is 0 Å². The predicted molar refractivity (Wildman–Crippen MR) is 106 cm³/mol. The number of carbonyl (C=O) groups excluding carboxylic acids is 1. The van der Waals surface area contributed by atoms with Crippen molar-refractivity contribution in [3.05, 3.63) is 59.1 Å². The van der Waals surface area contributed by atoms with Crippen LogP contribution < -0.4 is 10.2 Å². The van der Waals surface area contributed by atoms with Crippen LogP contribution in [0.25, 0.3) is 0 Å². The third-order valence-electron chi connectivity index (χ3n) is 3.94. The molecule has 2 aromatic rings. The van der Waals surface area contributed by atoms with Crippen LogP contribution in [0.3, 0.4) is 0 Å². The summed E-state index contributed by atoms with van der Waals surface area (Å²) in [6.07, 6.45) is 0. The number of hydrogen-bond donors (Lipinski definition) is 1. The molecule has 0 radical (unpaired) electrons. The van der Waals surface area contributed by atoms with E-state index < -0.39 is 0 Å². The van der Waals surface area contributed by atoms with Gasteiger partial charge in [0.15, 0.2) is 0 Å². The quantitative estimate of drug-likeness (QED) is 0.825. The molecule has 1 N–H and O–H groups in total. The molecular formula is C19H21ClN2O2S. The second kappa shape index (κ2) is 9.13. The maximum atomic E-state index is 12.1. The predicted octanol–water partition coefficient (Wildman–Crippen LogP) is 4.05. The molecule has 0 aromatic heterocycles. The smallest absolute Gasteiger partial charge is 0.234 e. The zero-order valence-electron chi connectivity index (χ0n) is 13.9. The van der Waals surface area contributed by atoms with Gasteiger partial charge in [-0.05, 0) is 42.0 Å². The summed E-state index contributed by atoms with van der Waals surface area (Å²) in [5.41, 5.74) is 3.16. The summed E-state index contributed by atoms with van der Waals surface area (Å²) < 4.78 is 5.37. The van der Waals surface area contributed by atoms with E-state index in [9.17, 15) is 4.79 Å². The highest BCUT2D eigenvalue weighted by Gasteiger charge is 2.11. The molecule has 0 atom stereocenters. The van der Waals surface area contributed by atoms with Crippen LogP contribution in [0, 0.1) is 0 Å². The SMILES string of the molecule is O=C(CSCc1ccc(Cl)cc1)Nc1ccc(N2CCOCC2)cc1. The summed E-state index contributed by atoms with van der Waals surface area (Å²) in [4.78, 5) is 14.4. The van der Waals surface area contributed by atoms with Crippen LogP contribution in [0.4, 0.5) is 11.4 Å². The highest BCUT2D eigenvalue weighted by Crippen LogP contribution is 2.20. The largest absolute Gasteiger partial charge is 0.378 e. The Labute approximate surface area is 157 Å². The van der Waals surface area contributed by atoms with E-state index in [-0.39, 0.29) is 5.91 Å². The van der Waals surface area contributed by atoms with Crippen molar-refractivity contribution < 1.29 is 9.53 Å². The van der Waals surface area contributed by atoms with Crippen molar-refractivity contribution in [2.75, 3.05) is 42.3 Å². The van der Waals surface area contributed by atoms with Crippen LogP contribution in [-0.2, 0) is 15.3 Å². The van der Waals surface area contributed by atoms with Crippen LogP contribution in [0.1, 0.15) is 5.56 Å². The van der Waals surface area contributed by atoms with E-state index in [1.54, 1.807) is 11.8 Å². The number of thioether (sulfide) groups is 1. The molecule has 25 heavy (non-hydrogen) atoms. The van der Waals surface area contributed by atoms with Crippen LogP contribution in [-0.4, -0.2) is 38.0 Å². The number of carbonyl (C=O) groups is 1. The summed E-state index contributed by atoms with van der Waals surface area (Å²) >= 11 is 7.46. The van der Waals surface area contributed by atoms with Crippen LogP contribution in [0.15, 0.2) is 48.5 Å². The normalized spacial score (nSPS) is 14.4. The topological polar surface area (TPSA) is 41.6 Å². The maximum Gasteiger partial charge on any atom is 0.234 e. The number of amides is 1. The lowest BCUT2D eigenvalue weighted by molar-refractivity contribution is -0.113. The average molecular weight is 377 g/mol. The van der Waals surface area contributed by atoms with E-state index in [0.29, 0.717) is 5.75 Å². The maximum absolute atomic E-state index is 12.1. The van der Waals surface area contributed by atoms with Gasteiger partial charge in [0.1, 0.15) is 0 Å². The van der Waals surface area contributed by atoms with Gasteiger partial charge in [-0.15, -0.1) is 11.8 Å². The molecule has 2 aromatic carbocycles. The second-order valence-electron chi connectivity index (χ2n) is 5.81. The summed E-state index contributed by atoms with van der Waals surface area (Å²) in [5, 5.41) is 3.67. The van der Waals surface area contributed by atoms with Gasteiger partial charge in [0.05, 0.1) is 19.0 Å². The minimum Gasteiger partial charge on any atom is -0.378 e. The van der Waals surface area contributed by atoms with Gasteiger partial charge < -0.3 is 15.0 Å². The van der Waals surface area contributed by atoms with Crippen molar-refractivity contribution in [2.45, 2.75) is 5.75 Å².